The van der Waals surface area contributed by atoms with Crippen LogP contribution in [-0.4, -0.2) is 18.0 Å². The Morgan fingerprint density at radius 1 is 1.10 bits per heavy atom. The summed E-state index contributed by atoms with van der Waals surface area (Å²) in [6.07, 6.45) is 7.42. The minimum Gasteiger partial charge on any atom is -0.382 e. The molecule has 2 N–H and O–H groups in total. The van der Waals surface area contributed by atoms with E-state index in [9.17, 15) is 4.79 Å². The molecule has 4 heteroatoms. The predicted octanol–water partition coefficient (Wildman–Crippen LogP) is 6.78. The predicted molar refractivity (Wildman–Crippen MR) is 129 cm³/mol. The van der Waals surface area contributed by atoms with Gasteiger partial charge in [0.05, 0.1) is 0 Å². The second kappa shape index (κ2) is 10.1. The summed E-state index contributed by atoms with van der Waals surface area (Å²) >= 11 is 0. The van der Waals surface area contributed by atoms with Gasteiger partial charge in [-0.25, -0.2) is 4.39 Å². The van der Waals surface area contributed by atoms with E-state index in [4.69, 9.17) is 0 Å². The first-order valence-corrected chi connectivity index (χ1v) is 11.5. The molecule has 0 atom stereocenters. The highest BCUT2D eigenvalue weighted by atomic mass is 19.1. The van der Waals surface area contributed by atoms with Crippen molar-refractivity contribution in [3.8, 4) is 11.1 Å². The molecule has 0 aromatic heterocycles. The van der Waals surface area contributed by atoms with E-state index in [0.717, 1.165) is 46.4 Å². The number of carbonyl (C=O) groups excluding carboxylic acids is 1. The van der Waals surface area contributed by atoms with Gasteiger partial charge >= 0.3 is 0 Å². The third-order valence-electron chi connectivity index (χ3n) is 6.02. The second-order valence-corrected chi connectivity index (χ2v) is 9.00. The Bertz CT molecular complexity index is 971. The van der Waals surface area contributed by atoms with Crippen LogP contribution in [0.5, 0.6) is 0 Å². The molecule has 0 spiro atoms. The zero-order valence-electron chi connectivity index (χ0n) is 19.4. The van der Waals surface area contributed by atoms with Crippen LogP contribution in [0.25, 0.3) is 17.2 Å². The van der Waals surface area contributed by atoms with Crippen molar-refractivity contribution >= 4 is 17.7 Å². The Hall–Kier alpha value is -2.62. The normalized spacial score (nSPS) is 14.9. The fraction of sp³-hybridized carbons (Fsp3) is 0.444. The summed E-state index contributed by atoms with van der Waals surface area (Å²) in [6.45, 7) is 9.90. The van der Waals surface area contributed by atoms with Crippen LogP contribution in [0.15, 0.2) is 35.9 Å². The lowest BCUT2D eigenvalue weighted by Crippen LogP contribution is -2.31. The molecule has 2 aromatic rings. The van der Waals surface area contributed by atoms with Crippen molar-refractivity contribution in [2.24, 2.45) is 0 Å². The molecule has 3 rings (SSSR count). The van der Waals surface area contributed by atoms with Crippen molar-refractivity contribution < 1.29 is 9.18 Å². The van der Waals surface area contributed by atoms with Gasteiger partial charge in [-0.15, -0.1) is 0 Å². The van der Waals surface area contributed by atoms with Crippen LogP contribution in [0.4, 0.5) is 10.1 Å². The van der Waals surface area contributed by atoms with Crippen LogP contribution in [0.1, 0.15) is 69.6 Å². The van der Waals surface area contributed by atoms with Crippen molar-refractivity contribution in [1.82, 2.24) is 5.32 Å². The number of carbonyl (C=O) groups is 1. The van der Waals surface area contributed by atoms with Crippen LogP contribution in [0.3, 0.4) is 0 Å². The Labute approximate surface area is 186 Å². The van der Waals surface area contributed by atoms with Gasteiger partial charge in [0.2, 0.25) is 5.91 Å². The van der Waals surface area contributed by atoms with E-state index in [1.807, 2.05) is 65.0 Å². The molecule has 1 amide bonds. The number of anilines is 1. The van der Waals surface area contributed by atoms with E-state index in [0.29, 0.717) is 18.0 Å². The number of rotatable bonds is 7. The number of halogens is 1. The van der Waals surface area contributed by atoms with Gasteiger partial charge in [0.1, 0.15) is 5.82 Å². The number of aryl methyl sites for hydroxylation is 2. The lowest BCUT2D eigenvalue weighted by atomic mass is 9.93. The van der Waals surface area contributed by atoms with Gasteiger partial charge in [-0.3, -0.25) is 4.79 Å². The number of hydrogen-bond acceptors (Lipinski definition) is 2. The Morgan fingerprint density at radius 2 is 1.81 bits per heavy atom. The highest BCUT2D eigenvalue weighted by molar-refractivity contribution is 5.98. The van der Waals surface area contributed by atoms with Crippen molar-refractivity contribution in [3.63, 3.8) is 0 Å². The molecule has 0 unspecified atom stereocenters. The first-order chi connectivity index (χ1) is 14.8. The minimum atomic E-state index is -0.209. The average Bonchev–Trinajstić information content (AvgIpc) is 3.21. The summed E-state index contributed by atoms with van der Waals surface area (Å²) in [4.78, 5) is 12.4. The topological polar surface area (TPSA) is 41.1 Å². The molecule has 31 heavy (non-hydrogen) atoms. The number of benzene rings is 2. The van der Waals surface area contributed by atoms with Crippen LogP contribution in [0.2, 0.25) is 0 Å². The van der Waals surface area contributed by atoms with Crippen molar-refractivity contribution in [2.75, 3.05) is 5.32 Å². The average molecular weight is 423 g/mol. The van der Waals surface area contributed by atoms with Gasteiger partial charge in [-0.2, -0.15) is 0 Å². The van der Waals surface area contributed by atoms with Gasteiger partial charge in [0.15, 0.2) is 0 Å². The molecule has 0 radical (unpaired) electrons. The van der Waals surface area contributed by atoms with Crippen molar-refractivity contribution in [3.05, 3.63) is 58.4 Å². The first-order valence-electron chi connectivity index (χ1n) is 11.5. The molecule has 166 valence electrons. The molecular formula is C27H35FN2O. The molecular weight excluding hydrogens is 387 g/mol. The molecule has 0 saturated heterocycles. The lowest BCUT2D eigenvalue weighted by Gasteiger charge is -2.16. The highest BCUT2D eigenvalue weighted by Crippen LogP contribution is 2.32. The Morgan fingerprint density at radius 3 is 2.42 bits per heavy atom. The summed E-state index contributed by atoms with van der Waals surface area (Å²) in [7, 11) is 0. The number of amides is 1. The number of nitrogens with one attached hydrogen (secondary N) is 2. The maximum Gasteiger partial charge on any atom is 0.247 e. The van der Waals surface area contributed by atoms with Crippen molar-refractivity contribution in [1.29, 1.82) is 0 Å². The fourth-order valence-electron chi connectivity index (χ4n) is 4.28. The molecule has 0 heterocycles. The van der Waals surface area contributed by atoms with E-state index in [-0.39, 0.29) is 17.8 Å². The third-order valence-corrected chi connectivity index (χ3v) is 6.02. The van der Waals surface area contributed by atoms with Gasteiger partial charge in [-0.05, 0) is 93.5 Å². The van der Waals surface area contributed by atoms with Crippen LogP contribution >= 0.6 is 0 Å². The van der Waals surface area contributed by atoms with Crippen molar-refractivity contribution in [2.45, 2.75) is 78.8 Å². The number of hydrogen-bond donors (Lipinski definition) is 2. The maximum absolute atomic E-state index is 15.0. The minimum absolute atomic E-state index is 0.0324. The summed E-state index contributed by atoms with van der Waals surface area (Å²) < 4.78 is 15.0. The van der Waals surface area contributed by atoms with Crippen LogP contribution in [0, 0.1) is 19.7 Å². The zero-order valence-corrected chi connectivity index (χ0v) is 19.4. The standard InChI is InChI=1S/C27H35FN2O/c1-6-20(27(31)29-17(2)3)15-21-13-19(5)25(14-18(21)4)24-12-11-23(16-26(24)28)30-22-9-7-8-10-22/h11-17,22,30H,6-10H2,1-5H3,(H,29,31). The van der Waals surface area contributed by atoms with E-state index >= 15 is 4.39 Å². The fourth-order valence-corrected chi connectivity index (χ4v) is 4.28. The molecule has 1 aliphatic rings. The Kier molecular flexibility index (Phi) is 7.53. The molecule has 1 fully saturated rings. The van der Waals surface area contributed by atoms with E-state index in [1.165, 1.54) is 12.8 Å². The van der Waals surface area contributed by atoms with Crippen LogP contribution < -0.4 is 10.6 Å². The largest absolute Gasteiger partial charge is 0.382 e. The second-order valence-electron chi connectivity index (χ2n) is 9.00. The molecule has 1 aliphatic carbocycles. The molecule has 3 nitrogen and oxygen atoms in total. The lowest BCUT2D eigenvalue weighted by molar-refractivity contribution is -0.118. The van der Waals surface area contributed by atoms with E-state index in [1.54, 1.807) is 6.07 Å². The van der Waals surface area contributed by atoms with E-state index < -0.39 is 0 Å². The van der Waals surface area contributed by atoms with Crippen LogP contribution in [-0.2, 0) is 4.79 Å². The highest BCUT2D eigenvalue weighted by Gasteiger charge is 2.16. The first kappa shape index (κ1) is 23.1. The molecule has 1 saturated carbocycles. The zero-order chi connectivity index (χ0) is 22.5. The molecule has 0 aliphatic heterocycles. The van der Waals surface area contributed by atoms with Gasteiger partial charge in [0, 0.05) is 28.9 Å². The smallest absolute Gasteiger partial charge is 0.247 e. The maximum atomic E-state index is 15.0. The SMILES string of the molecule is CCC(=Cc1cc(C)c(-c2ccc(NC3CCCC3)cc2F)cc1C)C(=O)NC(C)C. The molecule has 2 aromatic carbocycles. The summed E-state index contributed by atoms with van der Waals surface area (Å²) in [5, 5.41) is 6.42. The van der Waals surface area contributed by atoms with E-state index in [2.05, 4.69) is 10.6 Å². The van der Waals surface area contributed by atoms with Gasteiger partial charge in [0.25, 0.3) is 0 Å². The summed E-state index contributed by atoms with van der Waals surface area (Å²) in [6, 6.07) is 10.1. The quantitative estimate of drug-likeness (QED) is 0.483. The Balaban J connectivity index is 1.87. The molecule has 0 bridgehead atoms. The monoisotopic (exact) mass is 422 g/mol. The van der Waals surface area contributed by atoms with Gasteiger partial charge in [-0.1, -0.05) is 31.9 Å². The summed E-state index contributed by atoms with van der Waals surface area (Å²) in [5.41, 5.74) is 6.12. The summed E-state index contributed by atoms with van der Waals surface area (Å²) in [5.74, 6) is -0.241. The van der Waals surface area contributed by atoms with Gasteiger partial charge < -0.3 is 10.6 Å². The third kappa shape index (κ3) is 5.75.